The van der Waals surface area contributed by atoms with E-state index in [9.17, 15) is 0 Å². The molecule has 4 heterocycles. The van der Waals surface area contributed by atoms with Crippen LogP contribution in [0.4, 0.5) is 5.82 Å². The van der Waals surface area contributed by atoms with Crippen LogP contribution in [0.3, 0.4) is 0 Å². The number of aromatic nitrogens is 4. The molecule has 1 saturated carbocycles. The van der Waals surface area contributed by atoms with Crippen LogP contribution in [0, 0.1) is 5.92 Å². The highest BCUT2D eigenvalue weighted by Crippen LogP contribution is 2.54. The Bertz CT molecular complexity index is 1460. The fourth-order valence-corrected chi connectivity index (χ4v) is 6.11. The highest BCUT2D eigenvalue weighted by molar-refractivity contribution is 9.10. The van der Waals surface area contributed by atoms with Crippen molar-refractivity contribution in [3.05, 3.63) is 52.5 Å². The average Bonchev–Trinajstić information content (AvgIpc) is 3.41. The van der Waals surface area contributed by atoms with Gasteiger partial charge in [0.1, 0.15) is 40.4 Å². The van der Waals surface area contributed by atoms with Crippen molar-refractivity contribution in [2.45, 2.75) is 50.7 Å². The molecule has 4 atom stereocenters. The van der Waals surface area contributed by atoms with E-state index in [2.05, 4.69) is 42.4 Å². The van der Waals surface area contributed by atoms with Crippen LogP contribution < -0.4 is 10.5 Å². The minimum atomic E-state index is -0.705. The fraction of sp³-hybridized carbons (Fsp3) is 0.400. The van der Waals surface area contributed by atoms with Crippen molar-refractivity contribution in [1.29, 1.82) is 0 Å². The molecule has 2 N–H and O–H groups in total. The van der Waals surface area contributed by atoms with E-state index in [4.69, 9.17) is 31.5 Å². The number of rotatable bonds is 4. The maximum Gasteiger partial charge on any atom is 0.164 e. The van der Waals surface area contributed by atoms with E-state index in [1.54, 1.807) is 0 Å². The first-order valence-electron chi connectivity index (χ1n) is 11.5. The minimum Gasteiger partial charge on any atom is -0.493 e. The van der Waals surface area contributed by atoms with Crippen molar-refractivity contribution in [1.82, 2.24) is 19.5 Å². The van der Waals surface area contributed by atoms with Crippen LogP contribution >= 0.6 is 27.5 Å². The van der Waals surface area contributed by atoms with Crippen LogP contribution in [0.2, 0.25) is 5.15 Å². The molecule has 1 aliphatic heterocycles. The van der Waals surface area contributed by atoms with Gasteiger partial charge in [0.05, 0.1) is 28.0 Å². The normalized spacial score (nSPS) is 27.5. The number of fused-ring (bicyclic) bond motifs is 3. The van der Waals surface area contributed by atoms with Gasteiger partial charge in [-0.2, -0.15) is 0 Å². The first-order chi connectivity index (χ1) is 16.6. The summed E-state index contributed by atoms with van der Waals surface area (Å²) in [4.78, 5) is 13.1. The summed E-state index contributed by atoms with van der Waals surface area (Å²) in [6.07, 6.45) is 4.12. The Morgan fingerprint density at radius 1 is 1.23 bits per heavy atom. The second kappa shape index (κ2) is 8.03. The first-order valence-corrected chi connectivity index (χ1v) is 12.7. The standard InChI is InChI=1S/C25H25BrClN5O3/c1-24(2)34-20-19(32-7-6-16-21(27)29-12-30-23(16)32)9-14(25(20,3)35-24)11-33-15-5-4-13-8-17(26)22(28)31-18(13)10-15/h4-8,10,12,14,19-20H,9,11H2,1-3H3,(H2,28,31)/t14-,19-,20+,25-/m1/s1. The molecule has 2 fully saturated rings. The summed E-state index contributed by atoms with van der Waals surface area (Å²) in [5.41, 5.74) is 7.01. The van der Waals surface area contributed by atoms with Crippen LogP contribution in [-0.4, -0.2) is 43.6 Å². The Morgan fingerprint density at radius 2 is 2.06 bits per heavy atom. The molecular weight excluding hydrogens is 534 g/mol. The van der Waals surface area contributed by atoms with Gasteiger partial charge in [-0.05, 0) is 67.4 Å². The Kier molecular flexibility index (Phi) is 5.27. The maximum atomic E-state index is 6.52. The third-order valence-corrected chi connectivity index (χ3v) is 8.10. The fourth-order valence-electron chi connectivity index (χ4n) is 5.58. The molecular formula is C25H25BrClN5O3. The van der Waals surface area contributed by atoms with Gasteiger partial charge in [0.25, 0.3) is 0 Å². The second-order valence-electron chi connectivity index (χ2n) is 9.87. The summed E-state index contributed by atoms with van der Waals surface area (Å²) in [6, 6.07) is 9.77. The quantitative estimate of drug-likeness (QED) is 0.329. The van der Waals surface area contributed by atoms with Gasteiger partial charge in [-0.1, -0.05) is 11.6 Å². The average molecular weight is 559 g/mol. The molecule has 3 aromatic heterocycles. The molecule has 0 amide bonds. The number of hydrogen-bond acceptors (Lipinski definition) is 7. The third-order valence-electron chi connectivity index (χ3n) is 7.17. The molecule has 2 aliphatic rings. The molecule has 1 saturated heterocycles. The number of halogens is 2. The molecule has 1 aromatic carbocycles. The molecule has 182 valence electrons. The Balaban J connectivity index is 1.30. The second-order valence-corrected chi connectivity index (χ2v) is 11.1. The molecule has 0 bridgehead atoms. The largest absolute Gasteiger partial charge is 0.493 e. The number of pyridine rings is 1. The van der Waals surface area contributed by atoms with Crippen LogP contribution in [0.5, 0.6) is 5.75 Å². The summed E-state index contributed by atoms with van der Waals surface area (Å²) >= 11 is 9.74. The Hall–Kier alpha value is -2.46. The maximum absolute atomic E-state index is 6.52. The summed E-state index contributed by atoms with van der Waals surface area (Å²) in [5.74, 6) is 0.557. The number of nitrogens with zero attached hydrogens (tertiary/aromatic N) is 4. The monoisotopic (exact) mass is 557 g/mol. The zero-order chi connectivity index (χ0) is 24.5. The Labute approximate surface area is 215 Å². The first kappa shape index (κ1) is 23.0. The molecule has 6 rings (SSSR count). The molecule has 0 spiro atoms. The van der Waals surface area contributed by atoms with Gasteiger partial charge < -0.3 is 24.5 Å². The van der Waals surface area contributed by atoms with E-state index in [-0.39, 0.29) is 18.1 Å². The van der Waals surface area contributed by atoms with Crippen LogP contribution in [0.15, 0.2) is 47.3 Å². The van der Waals surface area contributed by atoms with E-state index in [0.29, 0.717) is 17.6 Å². The van der Waals surface area contributed by atoms with Crippen molar-refractivity contribution in [2.24, 2.45) is 5.92 Å². The summed E-state index contributed by atoms with van der Waals surface area (Å²) in [5, 5.41) is 2.25. The van der Waals surface area contributed by atoms with Gasteiger partial charge in [-0.15, -0.1) is 0 Å². The van der Waals surface area contributed by atoms with Crippen molar-refractivity contribution in [2.75, 3.05) is 12.3 Å². The van der Waals surface area contributed by atoms with E-state index >= 15 is 0 Å². The minimum absolute atomic E-state index is 0.00857. The number of anilines is 1. The molecule has 0 radical (unpaired) electrons. The zero-order valence-corrected chi connectivity index (χ0v) is 21.9. The SMILES string of the molecule is CC1(C)O[C@H]2[C@H](n3ccc4c(Cl)ncnc43)C[C@H](COc3ccc4cc(Br)c(N)nc4c3)[C@@]2(C)O1. The lowest BCUT2D eigenvalue weighted by atomic mass is 9.92. The van der Waals surface area contributed by atoms with Gasteiger partial charge in [-0.3, -0.25) is 0 Å². The van der Waals surface area contributed by atoms with E-state index < -0.39 is 11.4 Å². The van der Waals surface area contributed by atoms with E-state index in [1.807, 2.05) is 50.4 Å². The smallest absolute Gasteiger partial charge is 0.164 e. The number of ether oxygens (including phenoxy) is 3. The molecule has 1 aliphatic carbocycles. The number of nitrogens with two attached hydrogens (primary N) is 1. The lowest BCUT2D eigenvalue weighted by molar-refractivity contribution is -0.178. The van der Waals surface area contributed by atoms with Crippen LogP contribution in [0.25, 0.3) is 21.9 Å². The molecule has 4 aromatic rings. The molecule has 10 heteroatoms. The van der Waals surface area contributed by atoms with Crippen molar-refractivity contribution >= 4 is 55.3 Å². The zero-order valence-electron chi connectivity index (χ0n) is 19.5. The lowest BCUT2D eigenvalue weighted by Gasteiger charge is -2.30. The van der Waals surface area contributed by atoms with Crippen LogP contribution in [0.1, 0.15) is 33.2 Å². The van der Waals surface area contributed by atoms with Crippen molar-refractivity contribution < 1.29 is 14.2 Å². The topological polar surface area (TPSA) is 97.3 Å². The van der Waals surface area contributed by atoms with E-state index in [1.165, 1.54) is 6.33 Å². The highest BCUT2D eigenvalue weighted by atomic mass is 79.9. The predicted octanol–water partition coefficient (Wildman–Crippen LogP) is 5.53. The summed E-state index contributed by atoms with van der Waals surface area (Å²) < 4.78 is 22.2. The molecule has 35 heavy (non-hydrogen) atoms. The van der Waals surface area contributed by atoms with Crippen molar-refractivity contribution in [3.8, 4) is 5.75 Å². The van der Waals surface area contributed by atoms with Crippen molar-refractivity contribution in [3.63, 3.8) is 0 Å². The third kappa shape index (κ3) is 3.76. The van der Waals surface area contributed by atoms with E-state index in [0.717, 1.165) is 38.6 Å². The predicted molar refractivity (Wildman–Crippen MR) is 137 cm³/mol. The van der Waals surface area contributed by atoms with Gasteiger partial charge in [0.15, 0.2) is 5.79 Å². The highest BCUT2D eigenvalue weighted by Gasteiger charge is 2.62. The van der Waals surface area contributed by atoms with Gasteiger partial charge >= 0.3 is 0 Å². The molecule has 0 unspecified atom stereocenters. The summed E-state index contributed by atoms with van der Waals surface area (Å²) in [6.45, 7) is 6.50. The lowest BCUT2D eigenvalue weighted by Crippen LogP contribution is -2.42. The van der Waals surface area contributed by atoms with Gasteiger partial charge in [-0.25, -0.2) is 15.0 Å². The number of hydrogen-bond donors (Lipinski definition) is 1. The molecule has 8 nitrogen and oxygen atoms in total. The number of benzene rings is 1. The van der Waals surface area contributed by atoms with Crippen LogP contribution in [-0.2, 0) is 9.47 Å². The summed E-state index contributed by atoms with van der Waals surface area (Å²) in [7, 11) is 0. The van der Waals surface area contributed by atoms with Gasteiger partial charge in [0.2, 0.25) is 0 Å². The number of nitrogen functional groups attached to an aromatic ring is 1. The Morgan fingerprint density at radius 3 is 2.89 bits per heavy atom. The van der Waals surface area contributed by atoms with Gasteiger partial charge in [0, 0.05) is 23.6 Å².